The Kier molecular flexibility index (Phi) is 6.08. The molecule has 1 unspecified atom stereocenters. The molecule has 0 spiro atoms. The average molecular weight is 505 g/mol. The van der Waals surface area contributed by atoms with E-state index >= 15 is 0 Å². The van der Waals surface area contributed by atoms with E-state index in [4.69, 9.17) is 0 Å². The van der Waals surface area contributed by atoms with Crippen molar-refractivity contribution in [1.82, 2.24) is 5.32 Å². The molecule has 0 saturated carbocycles. The molecule has 0 bridgehead atoms. The lowest BCUT2D eigenvalue weighted by Crippen LogP contribution is -2.20. The van der Waals surface area contributed by atoms with Crippen molar-refractivity contribution in [2.24, 2.45) is 0 Å². The molecule has 0 saturated heterocycles. The molecule has 21 heavy (non-hydrogen) atoms. The van der Waals surface area contributed by atoms with Gasteiger partial charge in [-0.1, -0.05) is 23.8 Å². The smallest absolute Gasteiger partial charge is 0.0305 e. The molecule has 0 aliphatic heterocycles. The molecule has 2 aromatic carbocycles. The molecular weight excluding hydrogens is 484 g/mol. The highest BCUT2D eigenvalue weighted by Gasteiger charge is 2.11. The number of rotatable bonds is 4. The Bertz CT molecular complexity index is 627. The molecule has 0 radical (unpaired) electrons. The van der Waals surface area contributed by atoms with Gasteiger partial charge in [0.15, 0.2) is 0 Å². The molecule has 1 nitrogen and oxygen atoms in total. The Morgan fingerprint density at radius 1 is 1.00 bits per heavy atom. The van der Waals surface area contributed by atoms with Gasteiger partial charge in [0.1, 0.15) is 0 Å². The average Bonchev–Trinajstić information content (AvgIpc) is 2.36. The lowest BCUT2D eigenvalue weighted by atomic mass is 9.99. The van der Waals surface area contributed by atoms with Gasteiger partial charge in [-0.25, -0.2) is 0 Å². The number of halogens is 2. The van der Waals surface area contributed by atoms with E-state index in [2.05, 4.69) is 109 Å². The van der Waals surface area contributed by atoms with Crippen LogP contribution in [0.2, 0.25) is 0 Å². The van der Waals surface area contributed by atoms with Crippen molar-refractivity contribution in [3.05, 3.63) is 65.3 Å². The van der Waals surface area contributed by atoms with Crippen molar-refractivity contribution in [3.63, 3.8) is 0 Å². The van der Waals surface area contributed by atoms with Crippen LogP contribution in [0.4, 0.5) is 0 Å². The van der Waals surface area contributed by atoms with Crippen molar-refractivity contribution in [2.45, 2.75) is 40.3 Å². The first-order valence-corrected chi connectivity index (χ1v) is 9.29. The minimum Gasteiger partial charge on any atom is -0.306 e. The summed E-state index contributed by atoms with van der Waals surface area (Å²) in [7, 11) is 0. The number of aryl methyl sites for hydroxylation is 3. The highest BCUT2D eigenvalue weighted by atomic mass is 127. The van der Waals surface area contributed by atoms with Gasteiger partial charge in [-0.15, -0.1) is 0 Å². The van der Waals surface area contributed by atoms with Crippen LogP contribution >= 0.6 is 45.2 Å². The van der Waals surface area contributed by atoms with Crippen molar-refractivity contribution < 1.29 is 0 Å². The van der Waals surface area contributed by atoms with Crippen molar-refractivity contribution in [3.8, 4) is 0 Å². The number of hydrogen-bond acceptors (Lipinski definition) is 1. The SMILES string of the molecule is Cc1cc(C)c(CNC(C)c2ccc(I)cc2I)c(C)c1. The summed E-state index contributed by atoms with van der Waals surface area (Å²) in [6.07, 6.45) is 0. The minimum atomic E-state index is 0.356. The fraction of sp³-hybridized carbons (Fsp3) is 0.333. The lowest BCUT2D eigenvalue weighted by molar-refractivity contribution is 0.570. The fourth-order valence-electron chi connectivity index (χ4n) is 2.71. The summed E-state index contributed by atoms with van der Waals surface area (Å²) in [6, 6.07) is 11.5. The molecule has 0 amide bonds. The lowest BCUT2D eigenvalue weighted by Gasteiger charge is -2.18. The van der Waals surface area contributed by atoms with Gasteiger partial charge >= 0.3 is 0 Å². The van der Waals surface area contributed by atoms with Crippen LogP contribution in [0.25, 0.3) is 0 Å². The van der Waals surface area contributed by atoms with E-state index in [0.29, 0.717) is 6.04 Å². The van der Waals surface area contributed by atoms with E-state index in [1.807, 2.05) is 0 Å². The monoisotopic (exact) mass is 505 g/mol. The second-order valence-corrected chi connectivity index (χ2v) is 8.05. The number of benzene rings is 2. The molecule has 0 fully saturated rings. The van der Waals surface area contributed by atoms with Crippen LogP contribution in [-0.4, -0.2) is 0 Å². The van der Waals surface area contributed by atoms with Gasteiger partial charge in [0.2, 0.25) is 0 Å². The minimum absolute atomic E-state index is 0.356. The summed E-state index contributed by atoms with van der Waals surface area (Å²) in [5.74, 6) is 0. The molecule has 0 aliphatic rings. The first-order valence-electron chi connectivity index (χ1n) is 7.13. The third kappa shape index (κ3) is 4.42. The standard InChI is InChI=1S/C18H21I2N/c1-11-7-12(2)17(13(3)8-11)10-21-14(4)16-6-5-15(19)9-18(16)20/h5-9,14,21H,10H2,1-4H3. The Hall–Kier alpha value is -0.140. The molecule has 3 heteroatoms. The number of nitrogens with one attached hydrogen (secondary N) is 1. The van der Waals surface area contributed by atoms with Crippen LogP contribution in [0.3, 0.4) is 0 Å². The van der Waals surface area contributed by atoms with Crippen molar-refractivity contribution in [1.29, 1.82) is 0 Å². The topological polar surface area (TPSA) is 12.0 Å². The van der Waals surface area contributed by atoms with E-state index < -0.39 is 0 Å². The summed E-state index contributed by atoms with van der Waals surface area (Å²) >= 11 is 4.79. The summed E-state index contributed by atoms with van der Waals surface area (Å²) in [5.41, 5.74) is 6.90. The third-order valence-corrected chi connectivity index (χ3v) is 5.46. The van der Waals surface area contributed by atoms with E-state index in [9.17, 15) is 0 Å². The van der Waals surface area contributed by atoms with Crippen LogP contribution in [-0.2, 0) is 6.54 Å². The Labute approximate surface area is 155 Å². The van der Waals surface area contributed by atoms with E-state index in [0.717, 1.165) is 6.54 Å². The van der Waals surface area contributed by atoms with E-state index in [-0.39, 0.29) is 0 Å². The maximum atomic E-state index is 3.67. The Morgan fingerprint density at radius 2 is 1.62 bits per heavy atom. The van der Waals surface area contributed by atoms with E-state index in [1.54, 1.807) is 0 Å². The van der Waals surface area contributed by atoms with Crippen molar-refractivity contribution >= 4 is 45.2 Å². The van der Waals surface area contributed by atoms with Crippen LogP contribution in [0.1, 0.15) is 40.8 Å². The Balaban J connectivity index is 2.13. The highest BCUT2D eigenvalue weighted by Crippen LogP contribution is 2.23. The molecular formula is C18H21I2N. The predicted molar refractivity (Wildman–Crippen MR) is 108 cm³/mol. The van der Waals surface area contributed by atoms with Gasteiger partial charge in [0, 0.05) is 19.7 Å². The van der Waals surface area contributed by atoms with Crippen molar-refractivity contribution in [2.75, 3.05) is 0 Å². The largest absolute Gasteiger partial charge is 0.306 e. The predicted octanol–water partition coefficient (Wildman–Crippen LogP) is 5.67. The molecule has 2 aromatic rings. The van der Waals surface area contributed by atoms with Gasteiger partial charge in [0.25, 0.3) is 0 Å². The molecule has 0 aromatic heterocycles. The zero-order valence-electron chi connectivity index (χ0n) is 12.9. The molecule has 2 rings (SSSR count). The van der Waals surface area contributed by atoms with Crippen LogP contribution in [0.5, 0.6) is 0 Å². The summed E-state index contributed by atoms with van der Waals surface area (Å²) in [6.45, 7) is 9.73. The number of hydrogen-bond donors (Lipinski definition) is 1. The zero-order valence-corrected chi connectivity index (χ0v) is 17.2. The normalized spacial score (nSPS) is 12.5. The summed E-state index contributed by atoms with van der Waals surface area (Å²) < 4.78 is 2.62. The second-order valence-electron chi connectivity index (χ2n) is 5.65. The first kappa shape index (κ1) is 17.2. The summed E-state index contributed by atoms with van der Waals surface area (Å²) in [5, 5.41) is 3.67. The first-order chi connectivity index (χ1) is 9.88. The van der Waals surface area contributed by atoms with Crippen LogP contribution < -0.4 is 5.32 Å². The highest BCUT2D eigenvalue weighted by molar-refractivity contribution is 14.1. The fourth-order valence-corrected chi connectivity index (χ4v) is 4.78. The maximum absolute atomic E-state index is 3.67. The molecule has 0 aliphatic carbocycles. The molecule has 0 heterocycles. The quantitative estimate of drug-likeness (QED) is 0.529. The van der Waals surface area contributed by atoms with Gasteiger partial charge in [0.05, 0.1) is 0 Å². The Morgan fingerprint density at radius 3 is 2.19 bits per heavy atom. The van der Waals surface area contributed by atoms with Gasteiger partial charge in [-0.3, -0.25) is 0 Å². The van der Waals surface area contributed by atoms with Gasteiger partial charge in [-0.05, 0) is 107 Å². The summed E-state index contributed by atoms with van der Waals surface area (Å²) in [4.78, 5) is 0. The molecule has 112 valence electrons. The molecule has 1 N–H and O–H groups in total. The van der Waals surface area contributed by atoms with Crippen LogP contribution in [0.15, 0.2) is 30.3 Å². The zero-order chi connectivity index (χ0) is 15.6. The molecule has 1 atom stereocenters. The van der Waals surface area contributed by atoms with Gasteiger partial charge in [-0.2, -0.15) is 0 Å². The maximum Gasteiger partial charge on any atom is 0.0305 e. The van der Waals surface area contributed by atoms with Gasteiger partial charge < -0.3 is 5.32 Å². The van der Waals surface area contributed by atoms with Crippen LogP contribution in [0, 0.1) is 27.9 Å². The second kappa shape index (κ2) is 7.42. The third-order valence-electron chi connectivity index (χ3n) is 3.85. The van der Waals surface area contributed by atoms with E-state index in [1.165, 1.54) is 35.0 Å².